The van der Waals surface area contributed by atoms with Gasteiger partial charge in [0.2, 0.25) is 0 Å². The summed E-state index contributed by atoms with van der Waals surface area (Å²) in [5, 5.41) is 11.3. The highest BCUT2D eigenvalue weighted by atomic mass is 16.5. The summed E-state index contributed by atoms with van der Waals surface area (Å²) in [4.78, 5) is 0. The third-order valence-electron chi connectivity index (χ3n) is 1.96. The van der Waals surface area contributed by atoms with Gasteiger partial charge in [0.15, 0.2) is 0 Å². The Bertz CT molecular complexity index is 136. The van der Waals surface area contributed by atoms with E-state index in [1.807, 2.05) is 0 Å². The molecule has 0 bridgehead atoms. The van der Waals surface area contributed by atoms with Crippen LogP contribution in [-0.4, -0.2) is 26.3 Å². The average Bonchev–Trinajstić information content (AvgIpc) is 2.50. The lowest BCUT2D eigenvalue weighted by atomic mass is 10.1. The van der Waals surface area contributed by atoms with Crippen molar-refractivity contribution in [3.05, 3.63) is 0 Å². The summed E-state index contributed by atoms with van der Waals surface area (Å²) in [6, 6.07) is 2.05. The van der Waals surface area contributed by atoms with E-state index in [0.717, 1.165) is 32.1 Å². The van der Waals surface area contributed by atoms with Crippen molar-refractivity contribution >= 4 is 0 Å². The van der Waals surface area contributed by atoms with Crippen molar-refractivity contribution in [1.82, 2.24) is 5.32 Å². The molecule has 1 rings (SSSR count). The van der Waals surface area contributed by atoms with Gasteiger partial charge in [-0.2, -0.15) is 5.26 Å². The number of rotatable bonds is 4. The van der Waals surface area contributed by atoms with E-state index < -0.39 is 0 Å². The van der Waals surface area contributed by atoms with Gasteiger partial charge in [-0.05, 0) is 25.3 Å². The van der Waals surface area contributed by atoms with Crippen LogP contribution in [0.15, 0.2) is 0 Å². The average molecular weight is 154 g/mol. The van der Waals surface area contributed by atoms with Gasteiger partial charge in [0.25, 0.3) is 0 Å². The summed E-state index contributed by atoms with van der Waals surface area (Å²) in [6.07, 6.45) is 2.33. The molecule has 1 unspecified atom stereocenters. The fourth-order valence-corrected chi connectivity index (χ4v) is 1.26. The van der Waals surface area contributed by atoms with Crippen LogP contribution in [0, 0.1) is 17.2 Å². The van der Waals surface area contributed by atoms with Crippen molar-refractivity contribution in [2.45, 2.75) is 12.8 Å². The van der Waals surface area contributed by atoms with Crippen molar-refractivity contribution in [2.24, 2.45) is 5.92 Å². The van der Waals surface area contributed by atoms with Crippen LogP contribution in [0.25, 0.3) is 0 Å². The van der Waals surface area contributed by atoms with E-state index in [0.29, 0.717) is 6.54 Å². The third kappa shape index (κ3) is 3.35. The van der Waals surface area contributed by atoms with Crippen molar-refractivity contribution < 1.29 is 4.74 Å². The van der Waals surface area contributed by atoms with Gasteiger partial charge in [-0.15, -0.1) is 0 Å². The highest BCUT2D eigenvalue weighted by Crippen LogP contribution is 2.14. The molecular formula is C8H14N2O. The molecule has 0 amide bonds. The molecule has 3 nitrogen and oxygen atoms in total. The van der Waals surface area contributed by atoms with Crippen LogP contribution >= 0.6 is 0 Å². The van der Waals surface area contributed by atoms with E-state index in [1.54, 1.807) is 0 Å². The van der Waals surface area contributed by atoms with Crippen LogP contribution in [0.5, 0.6) is 0 Å². The van der Waals surface area contributed by atoms with Gasteiger partial charge in [0, 0.05) is 13.2 Å². The number of nitriles is 1. The maximum atomic E-state index is 8.22. The van der Waals surface area contributed by atoms with Gasteiger partial charge < -0.3 is 10.1 Å². The van der Waals surface area contributed by atoms with E-state index >= 15 is 0 Å². The molecule has 1 N–H and O–H groups in total. The minimum absolute atomic E-state index is 0.466. The van der Waals surface area contributed by atoms with E-state index in [4.69, 9.17) is 10.00 Å². The van der Waals surface area contributed by atoms with Gasteiger partial charge in [-0.25, -0.2) is 0 Å². The summed E-state index contributed by atoms with van der Waals surface area (Å²) < 4.78 is 5.22. The lowest BCUT2D eigenvalue weighted by molar-refractivity contribution is 0.184. The van der Waals surface area contributed by atoms with E-state index in [9.17, 15) is 0 Å². The zero-order valence-corrected chi connectivity index (χ0v) is 6.68. The predicted molar refractivity (Wildman–Crippen MR) is 42.0 cm³/mol. The van der Waals surface area contributed by atoms with Crippen LogP contribution in [0.3, 0.4) is 0 Å². The highest BCUT2D eigenvalue weighted by molar-refractivity contribution is 4.73. The first-order valence-electron chi connectivity index (χ1n) is 4.09. The van der Waals surface area contributed by atoms with Crippen LogP contribution in [0.1, 0.15) is 12.8 Å². The van der Waals surface area contributed by atoms with Gasteiger partial charge in [-0.1, -0.05) is 0 Å². The molecule has 0 aromatic carbocycles. The summed E-state index contributed by atoms with van der Waals surface area (Å²) in [6.45, 7) is 3.24. The summed E-state index contributed by atoms with van der Waals surface area (Å²) in [7, 11) is 0. The minimum atomic E-state index is 0.466. The number of hydrogen-bond acceptors (Lipinski definition) is 3. The molecule has 1 aliphatic rings. The van der Waals surface area contributed by atoms with Crippen LogP contribution in [0.2, 0.25) is 0 Å². The first-order valence-corrected chi connectivity index (χ1v) is 4.09. The molecule has 0 aliphatic carbocycles. The van der Waals surface area contributed by atoms with E-state index in [-0.39, 0.29) is 0 Å². The number of hydrogen-bond donors (Lipinski definition) is 1. The number of ether oxygens (including phenoxy) is 1. The Hall–Kier alpha value is -0.590. The number of nitrogens with zero attached hydrogens (tertiary/aromatic N) is 1. The molecule has 1 saturated heterocycles. The summed E-state index contributed by atoms with van der Waals surface area (Å²) >= 11 is 0. The zero-order valence-electron chi connectivity index (χ0n) is 6.68. The second-order valence-corrected chi connectivity index (χ2v) is 2.85. The van der Waals surface area contributed by atoms with Crippen molar-refractivity contribution in [1.29, 1.82) is 5.26 Å². The van der Waals surface area contributed by atoms with E-state index in [2.05, 4.69) is 11.4 Å². The Morgan fingerprint density at radius 1 is 1.64 bits per heavy atom. The monoisotopic (exact) mass is 154 g/mol. The molecule has 0 spiro atoms. The Morgan fingerprint density at radius 2 is 2.55 bits per heavy atom. The summed E-state index contributed by atoms with van der Waals surface area (Å²) in [5.74, 6) is 0.723. The van der Waals surface area contributed by atoms with Crippen molar-refractivity contribution in [2.75, 3.05) is 26.3 Å². The molecule has 11 heavy (non-hydrogen) atoms. The zero-order chi connectivity index (χ0) is 7.94. The molecule has 0 aromatic heterocycles. The Morgan fingerprint density at radius 3 is 3.18 bits per heavy atom. The SMILES string of the molecule is N#CCNCCC1CCOC1. The molecule has 1 heterocycles. The van der Waals surface area contributed by atoms with Crippen LogP contribution < -0.4 is 5.32 Å². The fraction of sp³-hybridized carbons (Fsp3) is 0.875. The fourth-order valence-electron chi connectivity index (χ4n) is 1.26. The van der Waals surface area contributed by atoms with E-state index in [1.165, 1.54) is 6.42 Å². The largest absolute Gasteiger partial charge is 0.381 e. The van der Waals surface area contributed by atoms with Crippen molar-refractivity contribution in [3.63, 3.8) is 0 Å². The van der Waals surface area contributed by atoms with Gasteiger partial charge in [0.1, 0.15) is 0 Å². The molecule has 0 radical (unpaired) electrons. The molecule has 62 valence electrons. The van der Waals surface area contributed by atoms with Crippen LogP contribution in [0.4, 0.5) is 0 Å². The summed E-state index contributed by atoms with van der Waals surface area (Å²) in [5.41, 5.74) is 0. The quantitative estimate of drug-likeness (QED) is 0.474. The Labute approximate surface area is 67.3 Å². The maximum absolute atomic E-state index is 8.22. The van der Waals surface area contributed by atoms with Crippen LogP contribution in [-0.2, 0) is 4.74 Å². The predicted octanol–water partition coefficient (Wildman–Crippen LogP) is 0.526. The standard InChI is InChI=1S/C8H14N2O/c9-3-5-10-4-1-8-2-6-11-7-8/h8,10H,1-2,4-7H2. The third-order valence-corrected chi connectivity index (χ3v) is 1.96. The van der Waals surface area contributed by atoms with Gasteiger partial charge >= 0.3 is 0 Å². The molecule has 0 aromatic rings. The molecule has 0 saturated carbocycles. The van der Waals surface area contributed by atoms with Gasteiger partial charge in [0.05, 0.1) is 12.6 Å². The highest BCUT2D eigenvalue weighted by Gasteiger charge is 2.14. The normalized spacial score (nSPS) is 23.4. The second-order valence-electron chi connectivity index (χ2n) is 2.85. The molecule has 3 heteroatoms. The molecular weight excluding hydrogens is 140 g/mol. The lowest BCUT2D eigenvalue weighted by Gasteiger charge is -2.05. The molecule has 1 atom stereocenters. The lowest BCUT2D eigenvalue weighted by Crippen LogP contribution is -2.18. The molecule has 1 aliphatic heterocycles. The Balaban J connectivity index is 1.90. The second kappa shape index (κ2) is 5.11. The number of nitrogens with one attached hydrogen (secondary N) is 1. The first kappa shape index (κ1) is 8.51. The maximum Gasteiger partial charge on any atom is 0.0840 e. The van der Waals surface area contributed by atoms with Crippen molar-refractivity contribution in [3.8, 4) is 6.07 Å². The Kier molecular flexibility index (Phi) is 3.95. The molecule has 1 fully saturated rings. The topological polar surface area (TPSA) is 45.0 Å². The first-order chi connectivity index (χ1) is 5.43. The smallest absolute Gasteiger partial charge is 0.0840 e. The van der Waals surface area contributed by atoms with Gasteiger partial charge in [-0.3, -0.25) is 0 Å². The minimum Gasteiger partial charge on any atom is -0.381 e.